The summed E-state index contributed by atoms with van der Waals surface area (Å²) < 4.78 is 16.3. The molecule has 0 atom stereocenters. The van der Waals surface area contributed by atoms with Gasteiger partial charge in [-0.15, -0.1) is 0 Å². The van der Waals surface area contributed by atoms with Crippen LogP contribution in [-0.4, -0.2) is 38.2 Å². The standard InChI is InChI=1S/C25H28N4O5/c1-32-20-9-7-19(8-10-20)29-15-13-18(14-16-29)26-25(31)28-27-24(30)23-12-11-22(34-23)17-33-21-5-3-2-4-6-21/h2-12,18H,13-17H2,1H3,(H,27,30)(H2,26,28,31). The number of piperidine rings is 1. The van der Waals surface area contributed by atoms with Gasteiger partial charge in [-0.3, -0.25) is 10.2 Å². The highest BCUT2D eigenvalue weighted by Gasteiger charge is 2.21. The zero-order valence-electron chi connectivity index (χ0n) is 19.0. The number of hydrogen-bond donors (Lipinski definition) is 3. The summed E-state index contributed by atoms with van der Waals surface area (Å²) in [5.41, 5.74) is 5.87. The van der Waals surface area contributed by atoms with Crippen LogP contribution in [0.1, 0.15) is 29.2 Å². The Hall–Kier alpha value is -4.14. The first-order chi connectivity index (χ1) is 16.6. The summed E-state index contributed by atoms with van der Waals surface area (Å²) in [5.74, 6) is 1.57. The van der Waals surface area contributed by atoms with E-state index >= 15 is 0 Å². The van der Waals surface area contributed by atoms with Gasteiger partial charge in [-0.1, -0.05) is 18.2 Å². The Morgan fingerprint density at radius 2 is 1.68 bits per heavy atom. The van der Waals surface area contributed by atoms with Crippen LogP contribution in [0.2, 0.25) is 0 Å². The van der Waals surface area contributed by atoms with Crippen molar-refractivity contribution in [1.82, 2.24) is 16.2 Å². The van der Waals surface area contributed by atoms with Crippen molar-refractivity contribution in [1.29, 1.82) is 0 Å². The number of ether oxygens (including phenoxy) is 2. The molecule has 1 aliphatic heterocycles. The minimum atomic E-state index is -0.546. The minimum absolute atomic E-state index is 0.0248. The van der Waals surface area contributed by atoms with Crippen LogP contribution < -0.4 is 30.5 Å². The van der Waals surface area contributed by atoms with Gasteiger partial charge in [0.25, 0.3) is 0 Å². The Morgan fingerprint density at radius 3 is 2.38 bits per heavy atom. The number of carbonyl (C=O) groups is 2. The topological polar surface area (TPSA) is 105 Å². The van der Waals surface area contributed by atoms with Crippen LogP contribution in [0.25, 0.3) is 0 Å². The Morgan fingerprint density at radius 1 is 0.941 bits per heavy atom. The lowest BCUT2D eigenvalue weighted by Gasteiger charge is -2.34. The molecule has 3 N–H and O–H groups in total. The summed E-state index contributed by atoms with van der Waals surface area (Å²) in [6.45, 7) is 1.84. The van der Waals surface area contributed by atoms with Crippen molar-refractivity contribution in [2.24, 2.45) is 0 Å². The van der Waals surface area contributed by atoms with Crippen LogP contribution in [0.3, 0.4) is 0 Å². The molecule has 4 rings (SSSR count). The van der Waals surface area contributed by atoms with Gasteiger partial charge in [-0.25, -0.2) is 10.2 Å². The summed E-state index contributed by atoms with van der Waals surface area (Å²) in [6.07, 6.45) is 1.60. The number of methoxy groups -OCH3 is 1. The molecule has 178 valence electrons. The number of rotatable bonds is 7. The van der Waals surface area contributed by atoms with Gasteiger partial charge in [0.1, 0.15) is 23.9 Å². The molecule has 3 aromatic rings. The maximum Gasteiger partial charge on any atom is 0.333 e. The van der Waals surface area contributed by atoms with E-state index in [1.54, 1.807) is 13.2 Å². The second-order valence-electron chi connectivity index (χ2n) is 7.88. The quantitative estimate of drug-likeness (QED) is 0.463. The van der Waals surface area contributed by atoms with Gasteiger partial charge >= 0.3 is 11.9 Å². The lowest BCUT2D eigenvalue weighted by molar-refractivity contribution is 0.0903. The molecular weight excluding hydrogens is 436 g/mol. The highest BCUT2D eigenvalue weighted by Crippen LogP contribution is 2.22. The Labute approximate surface area is 198 Å². The van der Waals surface area contributed by atoms with Crippen molar-refractivity contribution in [2.45, 2.75) is 25.5 Å². The monoisotopic (exact) mass is 464 g/mol. The third kappa shape index (κ3) is 6.22. The predicted molar refractivity (Wildman–Crippen MR) is 127 cm³/mol. The average Bonchev–Trinajstić information content (AvgIpc) is 3.36. The second kappa shape index (κ2) is 11.1. The van der Waals surface area contributed by atoms with Crippen molar-refractivity contribution in [3.05, 3.63) is 78.3 Å². The van der Waals surface area contributed by atoms with Crippen molar-refractivity contribution in [3.63, 3.8) is 0 Å². The fraction of sp³-hybridized carbons (Fsp3) is 0.280. The fourth-order valence-electron chi connectivity index (χ4n) is 3.72. The molecule has 0 radical (unpaired) electrons. The number of furan rings is 1. The number of hydrazine groups is 1. The third-order valence-electron chi connectivity index (χ3n) is 5.57. The summed E-state index contributed by atoms with van der Waals surface area (Å²) >= 11 is 0. The number of nitrogens with one attached hydrogen (secondary N) is 3. The summed E-state index contributed by atoms with van der Waals surface area (Å²) in [7, 11) is 1.65. The number of para-hydroxylation sites is 1. The van der Waals surface area contributed by atoms with E-state index < -0.39 is 11.9 Å². The van der Waals surface area contributed by atoms with Gasteiger partial charge in [-0.2, -0.15) is 0 Å². The Bertz CT molecular complexity index is 1080. The van der Waals surface area contributed by atoms with Gasteiger partial charge in [0.05, 0.1) is 7.11 Å². The minimum Gasteiger partial charge on any atom is -0.497 e. The first-order valence-electron chi connectivity index (χ1n) is 11.1. The number of nitrogens with zero attached hydrogens (tertiary/aromatic N) is 1. The molecule has 1 saturated heterocycles. The van der Waals surface area contributed by atoms with Crippen LogP contribution in [0.4, 0.5) is 10.5 Å². The number of anilines is 1. The molecular formula is C25H28N4O5. The third-order valence-corrected chi connectivity index (χ3v) is 5.57. The van der Waals surface area contributed by atoms with Gasteiger partial charge in [0, 0.05) is 24.8 Å². The fourth-order valence-corrected chi connectivity index (χ4v) is 3.72. The Kier molecular flexibility index (Phi) is 7.54. The van der Waals surface area contributed by atoms with E-state index in [1.807, 2.05) is 54.6 Å². The van der Waals surface area contributed by atoms with E-state index in [9.17, 15) is 9.59 Å². The first-order valence-corrected chi connectivity index (χ1v) is 11.1. The zero-order valence-corrected chi connectivity index (χ0v) is 19.0. The molecule has 9 nitrogen and oxygen atoms in total. The summed E-state index contributed by atoms with van der Waals surface area (Å²) in [5, 5.41) is 2.90. The van der Waals surface area contributed by atoms with Crippen LogP contribution in [0.5, 0.6) is 11.5 Å². The average molecular weight is 465 g/mol. The SMILES string of the molecule is COc1ccc(N2CCC(NC(=O)NNC(=O)c3ccc(COc4ccccc4)o3)CC2)cc1. The summed E-state index contributed by atoms with van der Waals surface area (Å²) in [6, 6.07) is 20.0. The zero-order chi connectivity index (χ0) is 23.8. The highest BCUT2D eigenvalue weighted by molar-refractivity contribution is 5.92. The summed E-state index contributed by atoms with van der Waals surface area (Å²) in [4.78, 5) is 26.8. The molecule has 0 aliphatic carbocycles. The van der Waals surface area contributed by atoms with E-state index in [0.717, 1.165) is 37.4 Å². The number of hydrogen-bond acceptors (Lipinski definition) is 6. The molecule has 2 aromatic carbocycles. The number of carbonyl (C=O) groups excluding carboxylic acids is 2. The van der Waals surface area contributed by atoms with Crippen molar-refractivity contribution in [3.8, 4) is 11.5 Å². The van der Waals surface area contributed by atoms with Gasteiger partial charge in [0.15, 0.2) is 5.76 Å². The van der Waals surface area contributed by atoms with Crippen LogP contribution in [0, 0.1) is 0 Å². The number of benzene rings is 2. The Balaban J connectivity index is 1.16. The molecule has 1 aromatic heterocycles. The highest BCUT2D eigenvalue weighted by atomic mass is 16.5. The smallest absolute Gasteiger partial charge is 0.333 e. The van der Waals surface area contributed by atoms with E-state index in [2.05, 4.69) is 21.1 Å². The first kappa shape index (κ1) is 23.0. The van der Waals surface area contributed by atoms with E-state index in [-0.39, 0.29) is 18.4 Å². The molecule has 0 bridgehead atoms. The molecule has 0 spiro atoms. The van der Waals surface area contributed by atoms with Crippen molar-refractivity contribution < 1.29 is 23.5 Å². The van der Waals surface area contributed by atoms with Crippen molar-refractivity contribution >= 4 is 17.6 Å². The molecule has 0 unspecified atom stereocenters. The predicted octanol–water partition coefficient (Wildman–Crippen LogP) is 3.48. The maximum absolute atomic E-state index is 12.3. The van der Waals surface area contributed by atoms with Gasteiger partial charge in [0.2, 0.25) is 0 Å². The molecule has 0 saturated carbocycles. The maximum atomic E-state index is 12.3. The largest absolute Gasteiger partial charge is 0.497 e. The lowest BCUT2D eigenvalue weighted by atomic mass is 10.0. The lowest BCUT2D eigenvalue weighted by Crippen LogP contribution is -2.52. The van der Waals surface area contributed by atoms with E-state index in [1.165, 1.54) is 6.07 Å². The molecule has 3 amide bonds. The molecule has 1 fully saturated rings. The normalized spacial score (nSPS) is 13.7. The molecule has 2 heterocycles. The number of urea groups is 1. The number of amides is 3. The molecule has 1 aliphatic rings. The van der Waals surface area contributed by atoms with Crippen molar-refractivity contribution in [2.75, 3.05) is 25.1 Å². The molecule has 9 heteroatoms. The van der Waals surface area contributed by atoms with Crippen LogP contribution >= 0.6 is 0 Å². The van der Waals surface area contributed by atoms with E-state index in [0.29, 0.717) is 11.5 Å². The van der Waals surface area contributed by atoms with E-state index in [4.69, 9.17) is 13.9 Å². The second-order valence-corrected chi connectivity index (χ2v) is 7.88. The van der Waals surface area contributed by atoms with Crippen LogP contribution in [0.15, 0.2) is 71.1 Å². The van der Waals surface area contributed by atoms with Gasteiger partial charge < -0.3 is 24.1 Å². The van der Waals surface area contributed by atoms with Gasteiger partial charge in [-0.05, 0) is 61.4 Å². The molecule has 34 heavy (non-hydrogen) atoms. The van der Waals surface area contributed by atoms with Crippen LogP contribution in [-0.2, 0) is 6.61 Å².